The first-order valence-electron chi connectivity index (χ1n) is 7.11. The van der Waals surface area contributed by atoms with Crippen LogP contribution in [0, 0.1) is 0 Å². The van der Waals surface area contributed by atoms with Gasteiger partial charge in [-0.2, -0.15) is 0 Å². The van der Waals surface area contributed by atoms with Crippen LogP contribution in [0.2, 0.25) is 5.02 Å². The van der Waals surface area contributed by atoms with Crippen LogP contribution in [-0.4, -0.2) is 44.4 Å². The highest BCUT2D eigenvalue weighted by Gasteiger charge is 2.29. The molecule has 2 rings (SSSR count). The summed E-state index contributed by atoms with van der Waals surface area (Å²) in [4.78, 5) is 4.30. The average molecular weight is 371 g/mol. The van der Waals surface area contributed by atoms with E-state index in [0.717, 1.165) is 5.01 Å². The highest BCUT2D eigenvalue weighted by Crippen LogP contribution is 2.28. The summed E-state index contributed by atoms with van der Waals surface area (Å²) >= 11 is 5.91. The zero-order valence-corrected chi connectivity index (χ0v) is 14.9. The van der Waals surface area contributed by atoms with Crippen molar-refractivity contribution in [3.8, 4) is 0 Å². The van der Waals surface area contributed by atoms with Crippen molar-refractivity contribution < 1.29 is 13.5 Å². The Labute approximate surface area is 146 Å². The lowest BCUT2D eigenvalue weighted by Gasteiger charge is -2.27. The number of rotatable bonds is 5. The van der Waals surface area contributed by atoms with Gasteiger partial charge in [0.2, 0.25) is 9.84 Å². The number of allylic oxidation sites excluding steroid dienone is 1. The number of halogens is 1. The molecule has 0 unspecified atom stereocenters. The van der Waals surface area contributed by atoms with Crippen LogP contribution in [-0.2, 0) is 9.84 Å². The van der Waals surface area contributed by atoms with Crippen LogP contribution in [0.5, 0.6) is 0 Å². The van der Waals surface area contributed by atoms with Crippen LogP contribution < -0.4 is 11.2 Å². The maximum Gasteiger partial charge on any atom is 0.207 e. The lowest BCUT2D eigenvalue weighted by atomic mass is 10.2. The summed E-state index contributed by atoms with van der Waals surface area (Å²) in [5.74, 6) is 6.02. The van der Waals surface area contributed by atoms with Gasteiger partial charge in [0.1, 0.15) is 4.91 Å². The fraction of sp³-hybridized carbons (Fsp3) is 0.267. The number of hydrazine groups is 1. The van der Waals surface area contributed by atoms with E-state index >= 15 is 0 Å². The number of likely N-dealkylation sites (N-methyl/N-ethyl adjacent to an activating group) is 1. The standard InChI is InChI=1S/C15H19ClN4O3S/c1-10-6-12(9-21)20(17)15(19-10)14(8-18-2)24(22,23)13-5-3-4-11(16)7-13/h3-7,18,21H,8-9,17H2,1-2H3/b15-14+. The molecule has 4 N–H and O–H groups in total. The van der Waals surface area contributed by atoms with Gasteiger partial charge in [-0.05, 0) is 38.2 Å². The lowest BCUT2D eigenvalue weighted by molar-refractivity contribution is 0.277. The smallest absolute Gasteiger partial charge is 0.207 e. The summed E-state index contributed by atoms with van der Waals surface area (Å²) < 4.78 is 26.1. The summed E-state index contributed by atoms with van der Waals surface area (Å²) in [6, 6.07) is 5.98. The molecular weight excluding hydrogens is 352 g/mol. The Balaban J connectivity index is 2.67. The molecule has 1 aliphatic rings. The Kier molecular flexibility index (Phi) is 5.79. The third-order valence-electron chi connectivity index (χ3n) is 3.37. The van der Waals surface area contributed by atoms with Gasteiger partial charge in [-0.1, -0.05) is 17.7 Å². The minimum Gasteiger partial charge on any atom is -0.390 e. The van der Waals surface area contributed by atoms with Gasteiger partial charge in [0.25, 0.3) is 0 Å². The molecule has 24 heavy (non-hydrogen) atoms. The minimum atomic E-state index is -3.88. The molecule has 0 saturated heterocycles. The third kappa shape index (κ3) is 3.68. The van der Waals surface area contributed by atoms with Crippen molar-refractivity contribution in [2.24, 2.45) is 10.8 Å². The molecular formula is C15H19ClN4O3S. The van der Waals surface area contributed by atoms with Crippen molar-refractivity contribution in [2.45, 2.75) is 11.8 Å². The van der Waals surface area contributed by atoms with E-state index in [1.54, 1.807) is 32.2 Å². The lowest BCUT2D eigenvalue weighted by Crippen LogP contribution is -2.36. The predicted molar refractivity (Wildman–Crippen MR) is 93.9 cm³/mol. The third-order valence-corrected chi connectivity index (χ3v) is 5.46. The van der Waals surface area contributed by atoms with E-state index in [4.69, 9.17) is 17.4 Å². The zero-order chi connectivity index (χ0) is 17.9. The Morgan fingerprint density at radius 2 is 2.17 bits per heavy atom. The second-order valence-electron chi connectivity index (χ2n) is 5.15. The quantitative estimate of drug-likeness (QED) is 0.668. The molecule has 9 heteroatoms. The van der Waals surface area contributed by atoms with Gasteiger partial charge in [0.05, 0.1) is 17.2 Å². The van der Waals surface area contributed by atoms with Crippen molar-refractivity contribution in [3.63, 3.8) is 0 Å². The van der Waals surface area contributed by atoms with Crippen molar-refractivity contribution in [3.05, 3.63) is 51.8 Å². The molecule has 0 bridgehead atoms. The number of aliphatic imine (C=N–C) groups is 1. The maximum atomic E-state index is 13.0. The molecule has 0 aromatic heterocycles. The van der Waals surface area contributed by atoms with Gasteiger partial charge in [0.15, 0.2) is 5.82 Å². The molecule has 0 atom stereocenters. The second-order valence-corrected chi connectivity index (χ2v) is 7.56. The van der Waals surface area contributed by atoms with E-state index < -0.39 is 9.84 Å². The summed E-state index contributed by atoms with van der Waals surface area (Å²) in [5, 5.41) is 13.6. The largest absolute Gasteiger partial charge is 0.390 e. The molecule has 0 amide bonds. The first kappa shape index (κ1) is 18.6. The van der Waals surface area contributed by atoms with E-state index in [1.807, 2.05) is 0 Å². The normalized spacial score (nSPS) is 17.5. The number of aliphatic hydroxyl groups excluding tert-OH is 1. The van der Waals surface area contributed by atoms with Crippen molar-refractivity contribution in [1.29, 1.82) is 0 Å². The van der Waals surface area contributed by atoms with Crippen LogP contribution in [0.15, 0.2) is 56.7 Å². The molecule has 7 nitrogen and oxygen atoms in total. The average Bonchev–Trinajstić information content (AvgIpc) is 2.54. The number of nitrogens with two attached hydrogens (primary N) is 1. The van der Waals surface area contributed by atoms with E-state index in [9.17, 15) is 13.5 Å². The van der Waals surface area contributed by atoms with E-state index in [1.165, 1.54) is 12.1 Å². The molecule has 0 saturated carbocycles. The fourth-order valence-corrected chi connectivity index (χ4v) is 4.05. The van der Waals surface area contributed by atoms with E-state index in [2.05, 4.69) is 10.3 Å². The Morgan fingerprint density at radius 3 is 2.75 bits per heavy atom. The first-order valence-corrected chi connectivity index (χ1v) is 8.97. The van der Waals surface area contributed by atoms with Gasteiger partial charge in [0, 0.05) is 17.3 Å². The molecule has 0 aliphatic carbocycles. The van der Waals surface area contributed by atoms with Crippen LogP contribution in [0.4, 0.5) is 0 Å². The number of nitrogens with one attached hydrogen (secondary N) is 1. The van der Waals surface area contributed by atoms with Crippen LogP contribution in [0.25, 0.3) is 0 Å². The molecule has 0 radical (unpaired) electrons. The number of hydrogen-bond acceptors (Lipinski definition) is 7. The van der Waals surface area contributed by atoms with E-state index in [0.29, 0.717) is 16.4 Å². The number of benzene rings is 1. The summed E-state index contributed by atoms with van der Waals surface area (Å²) in [6.45, 7) is 1.38. The number of hydrogen-bond donors (Lipinski definition) is 3. The summed E-state index contributed by atoms with van der Waals surface area (Å²) in [5.41, 5.74) is 0.901. The molecule has 1 aromatic rings. The van der Waals surface area contributed by atoms with Crippen LogP contribution >= 0.6 is 11.6 Å². The Morgan fingerprint density at radius 1 is 1.46 bits per heavy atom. The molecule has 130 valence electrons. The van der Waals surface area contributed by atoms with Crippen molar-refractivity contribution in [1.82, 2.24) is 10.3 Å². The Hall–Kier alpha value is -1.71. The highest BCUT2D eigenvalue weighted by molar-refractivity contribution is 7.95. The SMILES string of the molecule is CNC/C(=C1/N=C(C)C=C(CO)N1N)S(=O)(=O)c1cccc(Cl)c1. The zero-order valence-electron chi connectivity index (χ0n) is 13.3. The topological polar surface area (TPSA) is 108 Å². The minimum absolute atomic E-state index is 0.00633. The Bertz CT molecular complexity index is 831. The maximum absolute atomic E-state index is 13.0. The van der Waals surface area contributed by atoms with Crippen LogP contribution in [0.3, 0.4) is 0 Å². The molecule has 1 aliphatic heterocycles. The van der Waals surface area contributed by atoms with Gasteiger partial charge in [-0.15, -0.1) is 0 Å². The number of sulfone groups is 1. The molecule has 1 aromatic carbocycles. The van der Waals surface area contributed by atoms with Gasteiger partial charge >= 0.3 is 0 Å². The van der Waals surface area contributed by atoms with Gasteiger partial charge in [-0.3, -0.25) is 5.01 Å². The molecule has 0 spiro atoms. The van der Waals surface area contributed by atoms with Crippen molar-refractivity contribution >= 4 is 27.1 Å². The predicted octanol–water partition coefficient (Wildman–Crippen LogP) is 1.03. The summed E-state index contributed by atoms with van der Waals surface area (Å²) in [7, 11) is -2.26. The summed E-state index contributed by atoms with van der Waals surface area (Å²) in [6.07, 6.45) is 1.59. The number of aliphatic hydroxyl groups is 1. The first-order chi connectivity index (χ1) is 11.3. The molecule has 1 heterocycles. The van der Waals surface area contributed by atoms with Crippen LogP contribution in [0.1, 0.15) is 6.92 Å². The number of nitrogens with zero attached hydrogens (tertiary/aromatic N) is 2. The van der Waals surface area contributed by atoms with E-state index in [-0.39, 0.29) is 28.8 Å². The molecule has 0 fully saturated rings. The second kappa shape index (κ2) is 7.45. The van der Waals surface area contributed by atoms with Gasteiger partial charge in [-0.25, -0.2) is 19.3 Å². The fourth-order valence-electron chi connectivity index (χ4n) is 2.25. The highest BCUT2D eigenvalue weighted by atomic mass is 35.5. The monoisotopic (exact) mass is 370 g/mol. The van der Waals surface area contributed by atoms with Crippen molar-refractivity contribution in [2.75, 3.05) is 20.2 Å². The van der Waals surface area contributed by atoms with Gasteiger partial charge < -0.3 is 10.4 Å².